The summed E-state index contributed by atoms with van der Waals surface area (Å²) in [5.74, 6) is 0.249. The lowest BCUT2D eigenvalue weighted by molar-refractivity contribution is -0.417. The van der Waals surface area contributed by atoms with Crippen LogP contribution in [0.5, 0.6) is 0 Å². The van der Waals surface area contributed by atoms with Crippen molar-refractivity contribution in [1.82, 2.24) is 5.32 Å². The molecule has 0 radical (unpaired) electrons. The molecule has 1 aromatic rings. The highest BCUT2D eigenvalue weighted by molar-refractivity contribution is 8.03. The highest BCUT2D eigenvalue weighted by atomic mass is 32.2. The molecule has 5 nitrogen and oxygen atoms in total. The van der Waals surface area contributed by atoms with Crippen molar-refractivity contribution in [1.29, 1.82) is 0 Å². The molecule has 1 saturated heterocycles. The van der Waals surface area contributed by atoms with Gasteiger partial charge >= 0.3 is 5.70 Å². The SMILES string of the molecule is O=C(/C(=C1/NCCCS1)[N+](=O)[O-])c1ccccc1. The Morgan fingerprint density at radius 3 is 2.61 bits per heavy atom. The van der Waals surface area contributed by atoms with E-state index in [2.05, 4.69) is 5.32 Å². The van der Waals surface area contributed by atoms with Crippen molar-refractivity contribution in [3.05, 3.63) is 56.7 Å². The molecule has 1 aromatic carbocycles. The predicted molar refractivity (Wildman–Crippen MR) is 69.9 cm³/mol. The van der Waals surface area contributed by atoms with E-state index in [1.807, 2.05) is 0 Å². The fourth-order valence-corrected chi connectivity index (χ4v) is 2.65. The molecule has 94 valence electrons. The van der Waals surface area contributed by atoms with Crippen molar-refractivity contribution in [3.8, 4) is 0 Å². The van der Waals surface area contributed by atoms with Crippen LogP contribution >= 0.6 is 11.8 Å². The number of thioether (sulfide) groups is 1. The van der Waals surface area contributed by atoms with Crippen LogP contribution in [-0.2, 0) is 0 Å². The molecule has 1 fully saturated rings. The van der Waals surface area contributed by atoms with E-state index in [9.17, 15) is 14.9 Å². The zero-order chi connectivity index (χ0) is 13.0. The van der Waals surface area contributed by atoms with Gasteiger partial charge < -0.3 is 5.32 Å². The molecule has 1 aliphatic rings. The van der Waals surface area contributed by atoms with Gasteiger partial charge in [-0.25, -0.2) is 0 Å². The lowest BCUT2D eigenvalue weighted by Gasteiger charge is -2.15. The monoisotopic (exact) mass is 264 g/mol. The molecule has 0 amide bonds. The molecular formula is C12H12N2O3S. The number of nitrogens with zero attached hydrogens (tertiary/aromatic N) is 1. The van der Waals surface area contributed by atoms with Gasteiger partial charge in [-0.3, -0.25) is 14.9 Å². The van der Waals surface area contributed by atoms with Crippen molar-refractivity contribution in [2.45, 2.75) is 6.42 Å². The van der Waals surface area contributed by atoms with E-state index in [1.54, 1.807) is 30.3 Å². The summed E-state index contributed by atoms with van der Waals surface area (Å²) in [7, 11) is 0. The van der Waals surface area contributed by atoms with E-state index in [1.165, 1.54) is 11.8 Å². The molecule has 0 aliphatic carbocycles. The average Bonchev–Trinajstić information content (AvgIpc) is 2.40. The number of allylic oxidation sites excluding steroid dienone is 1. The molecule has 0 atom stereocenters. The Hall–Kier alpha value is -1.82. The number of nitro groups is 1. The molecule has 6 heteroatoms. The molecule has 1 N–H and O–H groups in total. The first-order valence-corrected chi connectivity index (χ1v) is 6.54. The summed E-state index contributed by atoms with van der Waals surface area (Å²) in [5.41, 5.74) is -0.0180. The van der Waals surface area contributed by atoms with E-state index in [4.69, 9.17) is 0 Å². The quantitative estimate of drug-likeness (QED) is 0.391. The third-order valence-electron chi connectivity index (χ3n) is 2.50. The maximum absolute atomic E-state index is 12.1. The number of benzene rings is 1. The molecular weight excluding hydrogens is 252 g/mol. The van der Waals surface area contributed by atoms with Crippen molar-refractivity contribution in [2.75, 3.05) is 12.3 Å². The Bertz CT molecular complexity index is 491. The third kappa shape index (κ3) is 2.70. The van der Waals surface area contributed by atoms with Crippen LogP contribution in [-0.4, -0.2) is 23.0 Å². The van der Waals surface area contributed by atoms with Crippen LogP contribution in [0, 0.1) is 10.1 Å². The number of nitrogens with one attached hydrogen (secondary N) is 1. The fourth-order valence-electron chi connectivity index (χ4n) is 1.65. The van der Waals surface area contributed by atoms with Crippen LogP contribution < -0.4 is 5.32 Å². The van der Waals surface area contributed by atoms with Crippen LogP contribution in [0.3, 0.4) is 0 Å². The zero-order valence-electron chi connectivity index (χ0n) is 9.59. The molecule has 1 aliphatic heterocycles. The molecule has 18 heavy (non-hydrogen) atoms. The van der Waals surface area contributed by atoms with Crippen molar-refractivity contribution >= 4 is 17.5 Å². The second-order valence-electron chi connectivity index (χ2n) is 3.76. The summed E-state index contributed by atoms with van der Waals surface area (Å²) in [6.45, 7) is 0.668. The van der Waals surface area contributed by atoms with Crippen LogP contribution in [0.15, 0.2) is 41.1 Å². The number of Topliss-reactive ketones (excluding diaryl/α,β-unsaturated/α-hetero) is 1. The number of carbonyl (C=O) groups excluding carboxylic acids is 1. The number of hydrogen-bond donors (Lipinski definition) is 1. The Morgan fingerprint density at radius 2 is 2.06 bits per heavy atom. The summed E-state index contributed by atoms with van der Waals surface area (Å²) in [6, 6.07) is 8.32. The van der Waals surface area contributed by atoms with Gasteiger partial charge in [0.2, 0.25) is 0 Å². The van der Waals surface area contributed by atoms with Gasteiger partial charge in [0.15, 0.2) is 5.03 Å². The molecule has 1 heterocycles. The number of hydrogen-bond acceptors (Lipinski definition) is 5. The summed E-state index contributed by atoms with van der Waals surface area (Å²) in [6.07, 6.45) is 0.943. The Labute approximate surface area is 108 Å². The van der Waals surface area contributed by atoms with Crippen molar-refractivity contribution in [3.63, 3.8) is 0 Å². The minimum absolute atomic E-state index is 0.338. The molecule has 0 saturated carbocycles. The van der Waals surface area contributed by atoms with Gasteiger partial charge in [0, 0.05) is 17.9 Å². The lowest BCUT2D eigenvalue weighted by atomic mass is 10.1. The largest absolute Gasteiger partial charge is 0.374 e. The highest BCUT2D eigenvalue weighted by Crippen LogP contribution is 2.24. The van der Waals surface area contributed by atoms with Crippen molar-refractivity contribution in [2.24, 2.45) is 0 Å². The average molecular weight is 264 g/mol. The number of carbonyl (C=O) groups is 1. The van der Waals surface area contributed by atoms with Crippen LogP contribution in [0.2, 0.25) is 0 Å². The van der Waals surface area contributed by atoms with E-state index < -0.39 is 10.7 Å². The van der Waals surface area contributed by atoms with Crippen LogP contribution in [0.25, 0.3) is 0 Å². The second kappa shape index (κ2) is 5.68. The maximum atomic E-state index is 12.1. The van der Waals surface area contributed by atoms with Gasteiger partial charge in [-0.05, 0) is 6.42 Å². The first-order valence-electron chi connectivity index (χ1n) is 5.55. The Morgan fingerprint density at radius 1 is 1.33 bits per heavy atom. The van der Waals surface area contributed by atoms with Gasteiger partial charge in [-0.1, -0.05) is 30.3 Å². The van der Waals surface area contributed by atoms with Gasteiger partial charge in [0.05, 0.1) is 4.92 Å². The van der Waals surface area contributed by atoms with E-state index in [0.717, 1.165) is 12.2 Å². The molecule has 0 bridgehead atoms. The molecule has 0 unspecified atom stereocenters. The maximum Gasteiger partial charge on any atom is 0.346 e. The van der Waals surface area contributed by atoms with E-state index in [-0.39, 0.29) is 5.70 Å². The van der Waals surface area contributed by atoms with E-state index in [0.29, 0.717) is 17.1 Å². The van der Waals surface area contributed by atoms with Crippen LogP contribution in [0.4, 0.5) is 0 Å². The standard InChI is InChI=1S/C12H12N2O3S/c15-11(9-5-2-1-3-6-9)10(14(16)17)12-13-7-4-8-18-12/h1-3,5-6,13H,4,7-8H2/b12-10+. The number of ketones is 1. The van der Waals surface area contributed by atoms with Crippen molar-refractivity contribution < 1.29 is 9.72 Å². The van der Waals surface area contributed by atoms with Gasteiger partial charge in [0.1, 0.15) is 0 Å². The molecule has 2 rings (SSSR count). The highest BCUT2D eigenvalue weighted by Gasteiger charge is 2.29. The summed E-state index contributed by atoms with van der Waals surface area (Å²) >= 11 is 1.33. The zero-order valence-corrected chi connectivity index (χ0v) is 10.4. The summed E-state index contributed by atoms with van der Waals surface area (Å²) < 4.78 is 0. The first kappa shape index (κ1) is 12.6. The van der Waals surface area contributed by atoms with E-state index >= 15 is 0 Å². The Balaban J connectivity index is 2.37. The van der Waals surface area contributed by atoms with Gasteiger partial charge in [0.25, 0.3) is 5.78 Å². The summed E-state index contributed by atoms with van der Waals surface area (Å²) in [4.78, 5) is 22.6. The smallest absolute Gasteiger partial charge is 0.346 e. The molecule has 0 spiro atoms. The normalized spacial score (nSPS) is 17.8. The topological polar surface area (TPSA) is 72.2 Å². The second-order valence-corrected chi connectivity index (χ2v) is 4.86. The summed E-state index contributed by atoms with van der Waals surface area (Å²) in [5, 5.41) is 14.4. The first-order chi connectivity index (χ1) is 8.70. The third-order valence-corrected chi connectivity index (χ3v) is 3.62. The lowest BCUT2D eigenvalue weighted by Crippen LogP contribution is -2.25. The molecule has 0 aromatic heterocycles. The van der Waals surface area contributed by atoms with Crippen LogP contribution in [0.1, 0.15) is 16.8 Å². The number of rotatable bonds is 3. The Kier molecular flexibility index (Phi) is 3.99. The predicted octanol–water partition coefficient (Wildman–Crippen LogP) is 2.04. The van der Waals surface area contributed by atoms with Gasteiger partial charge in [-0.15, -0.1) is 11.8 Å². The van der Waals surface area contributed by atoms with Gasteiger partial charge in [-0.2, -0.15) is 0 Å². The fraction of sp³-hybridized carbons (Fsp3) is 0.250. The minimum atomic E-state index is -0.601. The minimum Gasteiger partial charge on any atom is -0.374 e.